The number of nitrogens with zero attached hydrogens (tertiary/aromatic N) is 6. The first-order valence-electron chi connectivity index (χ1n) is 12.1. The van der Waals surface area contributed by atoms with Crippen LogP contribution >= 0.6 is 0 Å². The fourth-order valence-electron chi connectivity index (χ4n) is 4.30. The van der Waals surface area contributed by atoms with Gasteiger partial charge in [0.05, 0.1) is 28.8 Å². The Bertz CT molecular complexity index is 1360. The van der Waals surface area contributed by atoms with Crippen LogP contribution in [0.3, 0.4) is 0 Å². The molecule has 0 unspecified atom stereocenters. The summed E-state index contributed by atoms with van der Waals surface area (Å²) in [6.07, 6.45) is 4.48. The van der Waals surface area contributed by atoms with E-state index in [0.717, 1.165) is 18.4 Å². The van der Waals surface area contributed by atoms with Crippen molar-refractivity contribution >= 4 is 22.5 Å². The monoisotopic (exact) mass is 442 g/mol. The van der Waals surface area contributed by atoms with Crippen LogP contribution in [0.15, 0.2) is 30.5 Å². The van der Waals surface area contributed by atoms with Crippen LogP contribution in [0.1, 0.15) is 36.7 Å². The van der Waals surface area contributed by atoms with Gasteiger partial charge >= 0.3 is 0 Å². The first-order chi connectivity index (χ1) is 16.6. The molecule has 0 radical (unpaired) electrons. The molecule has 0 saturated heterocycles. The number of aryl methyl sites for hydroxylation is 1. The Hall–Kier alpha value is -3.27. The Kier molecular flexibility index (Phi) is 4.33. The minimum absolute atomic E-state index is 0.0500. The van der Waals surface area contributed by atoms with Crippen molar-refractivity contribution in [3.63, 3.8) is 0 Å². The lowest BCUT2D eigenvalue weighted by atomic mass is 9.84. The van der Waals surface area contributed by atoms with Gasteiger partial charge in [0.1, 0.15) is 17.7 Å². The van der Waals surface area contributed by atoms with Crippen LogP contribution in [0.5, 0.6) is 5.88 Å². The molecule has 32 heavy (non-hydrogen) atoms. The van der Waals surface area contributed by atoms with Gasteiger partial charge in [0.15, 0.2) is 0 Å². The first-order valence-corrected chi connectivity index (χ1v) is 10.6. The van der Waals surface area contributed by atoms with Crippen molar-refractivity contribution in [1.29, 1.82) is 0 Å². The number of anilines is 1. The lowest BCUT2D eigenvalue weighted by Gasteiger charge is -2.33. The summed E-state index contributed by atoms with van der Waals surface area (Å²) in [5, 5.41) is 26.0. The van der Waals surface area contributed by atoms with Gasteiger partial charge in [-0.25, -0.2) is 13.6 Å². The normalized spacial score (nSPS) is 23.1. The maximum Gasteiger partial charge on any atom is 0.244 e. The van der Waals surface area contributed by atoms with E-state index in [0.29, 0.717) is 35.0 Å². The highest BCUT2D eigenvalue weighted by Crippen LogP contribution is 2.34. The van der Waals surface area contributed by atoms with Gasteiger partial charge in [-0.15, -0.1) is 10.2 Å². The molecule has 0 atom stereocenters. The van der Waals surface area contributed by atoms with E-state index in [1.807, 2.05) is 19.1 Å². The van der Waals surface area contributed by atoms with E-state index in [4.69, 9.17) is 8.85 Å². The summed E-state index contributed by atoms with van der Waals surface area (Å²) in [5.41, 5.74) is 2.38. The number of benzene rings is 1. The predicted octanol–water partition coefficient (Wildman–Crippen LogP) is 3.22. The first kappa shape index (κ1) is 17.3. The summed E-state index contributed by atoms with van der Waals surface area (Å²) in [6, 6.07) is 7.26. The number of rotatable bonds is 6. The van der Waals surface area contributed by atoms with Gasteiger partial charge in [-0.05, 0) is 56.4 Å². The Morgan fingerprint density at radius 3 is 2.97 bits per heavy atom. The van der Waals surface area contributed by atoms with Crippen LogP contribution < -0.4 is 10.1 Å². The molecule has 0 amide bonds. The minimum Gasteiger partial charge on any atom is -0.479 e. The second-order valence-electron chi connectivity index (χ2n) is 8.49. The Morgan fingerprint density at radius 2 is 2.19 bits per heavy atom. The molecular formula is C22H26FN7O2. The fourth-order valence-corrected chi connectivity index (χ4v) is 4.30. The zero-order valence-corrected chi connectivity index (χ0v) is 17.6. The zero-order valence-electron chi connectivity index (χ0n) is 20.6. The second-order valence-corrected chi connectivity index (χ2v) is 8.49. The highest BCUT2D eigenvalue weighted by molar-refractivity contribution is 5.89. The largest absolute Gasteiger partial charge is 0.479 e. The molecule has 10 heteroatoms. The molecule has 1 aliphatic rings. The van der Waals surface area contributed by atoms with Crippen LogP contribution in [0.25, 0.3) is 27.7 Å². The van der Waals surface area contributed by atoms with Crippen LogP contribution in [0.4, 0.5) is 10.3 Å². The van der Waals surface area contributed by atoms with E-state index in [9.17, 15) is 9.50 Å². The molecule has 1 aliphatic carbocycles. The zero-order chi connectivity index (χ0) is 24.8. The van der Waals surface area contributed by atoms with Crippen molar-refractivity contribution in [3.05, 3.63) is 30.5 Å². The number of halogens is 1. The summed E-state index contributed by atoms with van der Waals surface area (Å²) in [7, 11) is -2.72. The van der Waals surface area contributed by atoms with Crippen molar-refractivity contribution in [1.82, 2.24) is 29.6 Å². The Balaban J connectivity index is 1.55. The Labute approximate surface area is 188 Å². The molecule has 3 heterocycles. The van der Waals surface area contributed by atoms with Gasteiger partial charge in [0, 0.05) is 17.8 Å². The minimum atomic E-state index is -2.72. The summed E-state index contributed by atoms with van der Waals surface area (Å²) in [6.45, 7) is 1.34. The average molecular weight is 443 g/mol. The number of ether oxygens (including phenoxy) is 1. The standard InChI is InChI=1S/C22H26FN7O2/c1-22(31)8-5-15(6-9-22)24-21-25-20(32-2)19-16(7-11-30(19)27-21)14-3-4-17-18(13-14)29(12-10-23)28-26-17/h3-4,7,11,13,15,31H,5-6,8-10,12H2,1-2H3,(H,24,27)/i2D3. The third-order valence-corrected chi connectivity index (χ3v) is 6.09. The Morgan fingerprint density at radius 1 is 1.34 bits per heavy atom. The fraction of sp³-hybridized carbons (Fsp3) is 0.455. The SMILES string of the molecule is [2H]C([2H])([2H])Oc1nc(NC2CCC(C)(O)CC2)nn2ccc(-c3ccc4nnn(CCF)c4c3)c12. The van der Waals surface area contributed by atoms with Gasteiger partial charge in [-0.1, -0.05) is 11.3 Å². The van der Waals surface area contributed by atoms with Gasteiger partial charge in [-0.3, -0.25) is 0 Å². The van der Waals surface area contributed by atoms with Crippen LogP contribution in [0.2, 0.25) is 0 Å². The van der Waals surface area contributed by atoms with Gasteiger partial charge < -0.3 is 15.2 Å². The lowest BCUT2D eigenvalue weighted by Crippen LogP contribution is -2.36. The quantitative estimate of drug-likeness (QED) is 0.473. The van der Waals surface area contributed by atoms with Crippen molar-refractivity contribution in [3.8, 4) is 17.0 Å². The summed E-state index contributed by atoms with van der Waals surface area (Å²) in [5.74, 6) is 0.159. The van der Waals surface area contributed by atoms with E-state index >= 15 is 0 Å². The average Bonchev–Trinajstić information content (AvgIpc) is 3.39. The number of methoxy groups -OCH3 is 1. The molecular weight excluding hydrogens is 413 g/mol. The number of nitrogens with one attached hydrogen (secondary N) is 1. The summed E-state index contributed by atoms with van der Waals surface area (Å²) in [4.78, 5) is 4.41. The van der Waals surface area contributed by atoms with Crippen molar-refractivity contribution in [2.45, 2.75) is 50.8 Å². The lowest BCUT2D eigenvalue weighted by molar-refractivity contribution is 0.0195. The maximum absolute atomic E-state index is 12.9. The summed E-state index contributed by atoms with van der Waals surface area (Å²) >= 11 is 0. The topological polar surface area (TPSA) is 102 Å². The van der Waals surface area contributed by atoms with Crippen molar-refractivity contribution < 1.29 is 18.3 Å². The third-order valence-electron chi connectivity index (χ3n) is 6.09. The number of fused-ring (bicyclic) bond motifs is 2. The molecule has 0 aliphatic heterocycles. The van der Waals surface area contributed by atoms with Crippen LogP contribution in [0, 0.1) is 0 Å². The van der Waals surface area contributed by atoms with Gasteiger partial charge in [0.25, 0.3) is 0 Å². The second kappa shape index (κ2) is 8.01. The molecule has 0 spiro atoms. The summed E-state index contributed by atoms with van der Waals surface area (Å²) < 4.78 is 44.2. The van der Waals surface area contributed by atoms with Crippen LogP contribution in [-0.4, -0.2) is 60.1 Å². The molecule has 1 aromatic carbocycles. The van der Waals surface area contributed by atoms with Crippen molar-refractivity contribution in [2.75, 3.05) is 19.0 Å². The highest BCUT2D eigenvalue weighted by Gasteiger charge is 2.29. The number of aromatic nitrogens is 6. The molecule has 9 nitrogen and oxygen atoms in total. The van der Waals surface area contributed by atoms with E-state index in [-0.39, 0.29) is 24.4 Å². The van der Waals surface area contributed by atoms with E-state index < -0.39 is 19.3 Å². The molecule has 1 saturated carbocycles. The number of hydrogen-bond donors (Lipinski definition) is 2. The maximum atomic E-state index is 12.9. The van der Waals surface area contributed by atoms with Crippen molar-refractivity contribution in [2.24, 2.45) is 0 Å². The molecule has 4 aromatic rings. The number of hydrogen-bond acceptors (Lipinski definition) is 7. The van der Waals surface area contributed by atoms with E-state index in [1.165, 1.54) is 9.20 Å². The third kappa shape index (κ3) is 3.75. The number of aliphatic hydroxyl groups is 1. The van der Waals surface area contributed by atoms with E-state index in [2.05, 4.69) is 25.7 Å². The number of alkyl halides is 1. The molecule has 5 rings (SSSR count). The van der Waals surface area contributed by atoms with Crippen LogP contribution in [-0.2, 0) is 6.54 Å². The van der Waals surface area contributed by atoms with Gasteiger partial charge in [-0.2, -0.15) is 4.98 Å². The smallest absolute Gasteiger partial charge is 0.244 e. The molecule has 0 bridgehead atoms. The molecule has 1 fully saturated rings. The molecule has 3 aromatic heterocycles. The van der Waals surface area contributed by atoms with Gasteiger partial charge in [0.2, 0.25) is 11.8 Å². The molecule has 2 N–H and O–H groups in total. The van der Waals surface area contributed by atoms with E-state index in [1.54, 1.807) is 18.3 Å². The predicted molar refractivity (Wildman–Crippen MR) is 119 cm³/mol. The molecule has 168 valence electrons. The highest BCUT2D eigenvalue weighted by atomic mass is 19.1.